The van der Waals surface area contributed by atoms with Gasteiger partial charge in [0.1, 0.15) is 12.4 Å². The van der Waals surface area contributed by atoms with Gasteiger partial charge in [-0.2, -0.15) is 0 Å². The lowest BCUT2D eigenvalue weighted by atomic mass is 9.96. The second-order valence-corrected chi connectivity index (χ2v) is 11.3. The van der Waals surface area contributed by atoms with Crippen molar-refractivity contribution in [2.24, 2.45) is 4.99 Å². The van der Waals surface area contributed by atoms with Crippen LogP contribution in [-0.2, 0) is 16.1 Å². The number of hydrogen-bond acceptors (Lipinski definition) is 7. The maximum absolute atomic E-state index is 13.9. The van der Waals surface area contributed by atoms with Crippen molar-refractivity contribution in [3.8, 4) is 5.75 Å². The Bertz CT molecular complexity index is 1770. The van der Waals surface area contributed by atoms with Crippen LogP contribution in [0.1, 0.15) is 36.6 Å². The number of thiazole rings is 1. The molecule has 0 spiro atoms. The normalized spacial score (nSPS) is 15.0. The zero-order valence-corrected chi connectivity index (χ0v) is 24.6. The van der Waals surface area contributed by atoms with Gasteiger partial charge in [0.25, 0.3) is 5.56 Å². The third-order valence-corrected chi connectivity index (χ3v) is 8.59. The summed E-state index contributed by atoms with van der Waals surface area (Å²) in [6.45, 7) is 4.06. The predicted molar refractivity (Wildman–Crippen MR) is 161 cm³/mol. The van der Waals surface area contributed by atoms with Crippen molar-refractivity contribution in [2.45, 2.75) is 31.4 Å². The Kier molecular flexibility index (Phi) is 8.59. The number of fused-ring (bicyclic) bond motifs is 1. The third kappa shape index (κ3) is 5.66. The molecule has 0 N–H and O–H groups in total. The van der Waals surface area contributed by atoms with Crippen molar-refractivity contribution >= 4 is 46.7 Å². The highest BCUT2D eigenvalue weighted by molar-refractivity contribution is 7.98. The maximum atomic E-state index is 13.9. The molecule has 3 aromatic carbocycles. The van der Waals surface area contributed by atoms with Crippen LogP contribution in [-0.4, -0.2) is 23.4 Å². The number of aromatic nitrogens is 1. The Balaban J connectivity index is 1.60. The number of hydrogen-bond donors (Lipinski definition) is 0. The van der Waals surface area contributed by atoms with Crippen LogP contribution in [0.3, 0.4) is 0 Å². The molecule has 5 rings (SSSR count). The Labute approximate surface area is 245 Å². The van der Waals surface area contributed by atoms with Gasteiger partial charge in [-0.15, -0.1) is 11.8 Å². The van der Waals surface area contributed by atoms with Crippen molar-refractivity contribution in [3.05, 3.63) is 125 Å². The summed E-state index contributed by atoms with van der Waals surface area (Å²) in [6, 6.07) is 22.3. The summed E-state index contributed by atoms with van der Waals surface area (Å²) in [5.74, 6) is 0.149. The van der Waals surface area contributed by atoms with Crippen molar-refractivity contribution < 1.29 is 14.3 Å². The average Bonchev–Trinajstić information content (AvgIpc) is 3.26. The minimum atomic E-state index is -0.653. The number of carbonyl (C=O) groups excluding carboxylic acids is 1. The first-order valence-corrected chi connectivity index (χ1v) is 15.1. The molecule has 0 bridgehead atoms. The first-order chi connectivity index (χ1) is 19.4. The van der Waals surface area contributed by atoms with Crippen LogP contribution in [0, 0.1) is 0 Å². The fourth-order valence-corrected chi connectivity index (χ4v) is 6.17. The Morgan fingerprint density at radius 3 is 2.55 bits per heavy atom. The van der Waals surface area contributed by atoms with Gasteiger partial charge in [0, 0.05) is 21.0 Å². The number of esters is 1. The van der Waals surface area contributed by atoms with Crippen LogP contribution in [0.5, 0.6) is 5.75 Å². The van der Waals surface area contributed by atoms with Gasteiger partial charge in [-0.1, -0.05) is 71.5 Å². The predicted octanol–water partition coefficient (Wildman–Crippen LogP) is 5.75. The lowest BCUT2D eigenvalue weighted by Crippen LogP contribution is -2.39. The molecule has 9 heteroatoms. The van der Waals surface area contributed by atoms with Gasteiger partial charge in [0.05, 0.1) is 28.5 Å². The van der Waals surface area contributed by atoms with Gasteiger partial charge in [0.2, 0.25) is 0 Å². The first-order valence-electron chi connectivity index (χ1n) is 12.7. The highest BCUT2D eigenvalue weighted by Gasteiger charge is 2.33. The molecule has 0 aliphatic carbocycles. The van der Waals surface area contributed by atoms with Crippen molar-refractivity contribution in [3.63, 3.8) is 0 Å². The second kappa shape index (κ2) is 12.3. The van der Waals surface area contributed by atoms with Crippen molar-refractivity contribution in [2.75, 3.05) is 12.9 Å². The van der Waals surface area contributed by atoms with E-state index in [1.54, 1.807) is 30.2 Å². The summed E-state index contributed by atoms with van der Waals surface area (Å²) in [6.07, 6.45) is 3.81. The molecule has 0 radical (unpaired) electrons. The Morgan fingerprint density at radius 2 is 1.82 bits per heavy atom. The van der Waals surface area contributed by atoms with E-state index in [0.29, 0.717) is 38.0 Å². The third-order valence-electron chi connectivity index (χ3n) is 6.50. The first kappa shape index (κ1) is 28.0. The molecule has 1 atom stereocenters. The minimum Gasteiger partial charge on any atom is -0.488 e. The average molecular weight is 591 g/mol. The lowest BCUT2D eigenvalue weighted by Gasteiger charge is -2.24. The van der Waals surface area contributed by atoms with Crippen LogP contribution >= 0.6 is 34.7 Å². The molecule has 0 amide bonds. The SMILES string of the molecule is CCOC(=O)C1=C(C)N=c2s/c(=C\c3ccccc3OCc3ccccc3Cl)c(=O)n2[C@@H]1c1ccc(SC)cc1. The molecule has 1 aliphatic rings. The summed E-state index contributed by atoms with van der Waals surface area (Å²) >= 11 is 9.21. The smallest absolute Gasteiger partial charge is 0.338 e. The molecule has 40 heavy (non-hydrogen) atoms. The van der Waals surface area contributed by atoms with E-state index in [9.17, 15) is 9.59 Å². The molecule has 0 saturated heterocycles. The molecular weight excluding hydrogens is 564 g/mol. The topological polar surface area (TPSA) is 69.9 Å². The van der Waals surface area contributed by atoms with E-state index in [4.69, 9.17) is 21.1 Å². The minimum absolute atomic E-state index is 0.225. The number of ether oxygens (including phenoxy) is 2. The summed E-state index contributed by atoms with van der Waals surface area (Å²) in [5.41, 5.74) is 3.09. The molecule has 1 aliphatic heterocycles. The lowest BCUT2D eigenvalue weighted by molar-refractivity contribution is -0.139. The molecular formula is C31H27ClN2O4S2. The summed E-state index contributed by atoms with van der Waals surface area (Å²) in [4.78, 5) is 33.3. The Hall–Kier alpha value is -3.59. The summed E-state index contributed by atoms with van der Waals surface area (Å²) in [5, 5.41) is 0.631. The molecule has 0 fully saturated rings. The van der Waals surface area contributed by atoms with Crippen LogP contribution in [0.15, 0.2) is 98.7 Å². The monoisotopic (exact) mass is 590 g/mol. The quantitative estimate of drug-likeness (QED) is 0.193. The molecule has 6 nitrogen and oxygen atoms in total. The molecule has 0 saturated carbocycles. The second-order valence-electron chi connectivity index (χ2n) is 8.99. The molecule has 4 aromatic rings. The van der Waals surface area contributed by atoms with E-state index in [1.165, 1.54) is 11.3 Å². The molecule has 2 heterocycles. The van der Waals surface area contributed by atoms with Gasteiger partial charge in [-0.3, -0.25) is 9.36 Å². The number of thioether (sulfide) groups is 1. The Morgan fingerprint density at radius 1 is 1.10 bits per heavy atom. The number of allylic oxidation sites excluding steroid dienone is 1. The van der Waals surface area contributed by atoms with Gasteiger partial charge in [-0.25, -0.2) is 9.79 Å². The molecule has 1 aromatic heterocycles. The standard InChI is InChI=1S/C31H27ClN2O4S2/c1-4-37-30(36)27-19(2)33-31-34(28(27)20-13-15-23(39-3)16-14-20)29(35)26(40-31)17-21-9-6-8-12-25(21)38-18-22-10-5-7-11-24(22)32/h5-17,28H,4,18H2,1-3H3/b26-17-/t28-/m1/s1. The molecule has 0 unspecified atom stereocenters. The van der Waals surface area contributed by atoms with E-state index < -0.39 is 12.0 Å². The number of halogens is 1. The highest BCUT2D eigenvalue weighted by Crippen LogP contribution is 2.32. The van der Waals surface area contributed by atoms with E-state index in [0.717, 1.165) is 21.6 Å². The molecule has 204 valence electrons. The maximum Gasteiger partial charge on any atom is 0.338 e. The zero-order chi connectivity index (χ0) is 28.2. The fraction of sp³-hybridized carbons (Fsp3) is 0.194. The van der Waals surface area contributed by atoms with E-state index in [1.807, 2.05) is 85.1 Å². The van der Waals surface area contributed by atoms with Crippen LogP contribution in [0.4, 0.5) is 0 Å². The van der Waals surface area contributed by atoms with Gasteiger partial charge in [0.15, 0.2) is 4.80 Å². The summed E-state index contributed by atoms with van der Waals surface area (Å²) in [7, 11) is 0. The van der Waals surface area contributed by atoms with E-state index in [2.05, 4.69) is 4.99 Å². The highest BCUT2D eigenvalue weighted by atomic mass is 35.5. The number of nitrogens with zero attached hydrogens (tertiary/aromatic N) is 2. The van der Waals surface area contributed by atoms with Crippen LogP contribution < -0.4 is 19.6 Å². The zero-order valence-electron chi connectivity index (χ0n) is 22.2. The number of rotatable bonds is 8. The van der Waals surface area contributed by atoms with Gasteiger partial charge in [-0.05, 0) is 56.0 Å². The number of para-hydroxylation sites is 1. The van der Waals surface area contributed by atoms with Crippen molar-refractivity contribution in [1.82, 2.24) is 4.57 Å². The fourth-order valence-electron chi connectivity index (χ4n) is 4.54. The van der Waals surface area contributed by atoms with Crippen LogP contribution in [0.25, 0.3) is 6.08 Å². The van der Waals surface area contributed by atoms with Crippen molar-refractivity contribution in [1.29, 1.82) is 0 Å². The van der Waals surface area contributed by atoms with Gasteiger partial charge >= 0.3 is 5.97 Å². The van der Waals surface area contributed by atoms with Gasteiger partial charge < -0.3 is 9.47 Å². The van der Waals surface area contributed by atoms with Crippen LogP contribution in [0.2, 0.25) is 5.02 Å². The largest absolute Gasteiger partial charge is 0.488 e. The number of carbonyl (C=O) groups is 1. The summed E-state index contributed by atoms with van der Waals surface area (Å²) < 4.78 is 13.6. The number of benzene rings is 3. The van der Waals surface area contributed by atoms with E-state index in [-0.39, 0.29) is 12.2 Å². The van der Waals surface area contributed by atoms with E-state index >= 15 is 0 Å².